The van der Waals surface area contributed by atoms with Gasteiger partial charge in [0.1, 0.15) is 0 Å². The molecule has 0 atom stereocenters. The van der Waals surface area contributed by atoms with Gasteiger partial charge in [-0.15, -0.1) is 0 Å². The average Bonchev–Trinajstić information content (AvgIpc) is 2.36. The maximum Gasteiger partial charge on any atom is 0.261 e. The summed E-state index contributed by atoms with van der Waals surface area (Å²) >= 11 is 3.24. The van der Waals surface area contributed by atoms with Crippen molar-refractivity contribution in [1.29, 1.82) is 0 Å². The number of hydrogen-bond acceptors (Lipinski definition) is 3. The minimum absolute atomic E-state index is 0.137. The monoisotopic (exact) mass is 354 g/mol. The lowest BCUT2D eigenvalue weighted by Gasteiger charge is -2.12. The van der Waals surface area contributed by atoms with Crippen molar-refractivity contribution in [2.24, 2.45) is 0 Å². The minimum atomic E-state index is -3.64. The molecule has 0 spiro atoms. The van der Waals surface area contributed by atoms with E-state index in [9.17, 15) is 8.42 Å². The van der Waals surface area contributed by atoms with Gasteiger partial charge in [-0.05, 0) is 59.6 Å². The highest BCUT2D eigenvalue weighted by Crippen LogP contribution is 2.25. The van der Waals surface area contributed by atoms with E-state index in [4.69, 9.17) is 5.73 Å². The second-order valence-electron chi connectivity index (χ2n) is 4.61. The Hall–Kier alpha value is -1.53. The van der Waals surface area contributed by atoms with Crippen LogP contribution in [-0.4, -0.2) is 8.42 Å². The van der Waals surface area contributed by atoms with Crippen LogP contribution in [0.2, 0.25) is 0 Å². The van der Waals surface area contributed by atoms with Gasteiger partial charge in [0.05, 0.1) is 10.6 Å². The van der Waals surface area contributed by atoms with Crippen molar-refractivity contribution >= 4 is 37.3 Å². The Kier molecular flexibility index (Phi) is 4.06. The highest BCUT2D eigenvalue weighted by atomic mass is 79.9. The molecule has 0 aliphatic carbocycles. The molecule has 0 aromatic heterocycles. The fourth-order valence-electron chi connectivity index (χ4n) is 1.82. The SMILES string of the molecule is Cc1ccc(NS(=O)(=O)c2ccc(Br)c(N)c2)c(C)c1. The maximum absolute atomic E-state index is 12.3. The van der Waals surface area contributed by atoms with E-state index in [0.29, 0.717) is 15.8 Å². The lowest BCUT2D eigenvalue weighted by Crippen LogP contribution is -2.14. The van der Waals surface area contributed by atoms with Crippen molar-refractivity contribution < 1.29 is 8.42 Å². The molecule has 0 amide bonds. The van der Waals surface area contributed by atoms with Crippen molar-refractivity contribution in [2.75, 3.05) is 10.5 Å². The van der Waals surface area contributed by atoms with Crippen LogP contribution in [0.15, 0.2) is 45.8 Å². The molecule has 20 heavy (non-hydrogen) atoms. The van der Waals surface area contributed by atoms with Crippen LogP contribution in [0.4, 0.5) is 11.4 Å². The van der Waals surface area contributed by atoms with E-state index in [1.54, 1.807) is 12.1 Å². The Morgan fingerprint density at radius 3 is 2.40 bits per heavy atom. The first kappa shape index (κ1) is 14.9. The summed E-state index contributed by atoms with van der Waals surface area (Å²) < 4.78 is 27.9. The number of rotatable bonds is 3. The normalized spacial score (nSPS) is 11.3. The van der Waals surface area contributed by atoms with Gasteiger partial charge in [-0.3, -0.25) is 4.72 Å². The van der Waals surface area contributed by atoms with Gasteiger partial charge in [0.2, 0.25) is 0 Å². The van der Waals surface area contributed by atoms with Crippen molar-refractivity contribution in [1.82, 2.24) is 0 Å². The zero-order valence-corrected chi connectivity index (χ0v) is 13.5. The van der Waals surface area contributed by atoms with Crippen LogP contribution >= 0.6 is 15.9 Å². The third kappa shape index (κ3) is 3.13. The Morgan fingerprint density at radius 2 is 1.80 bits per heavy atom. The highest BCUT2D eigenvalue weighted by Gasteiger charge is 2.16. The topological polar surface area (TPSA) is 72.2 Å². The molecule has 2 aromatic carbocycles. The van der Waals surface area contributed by atoms with Crippen LogP contribution < -0.4 is 10.5 Å². The average molecular weight is 355 g/mol. The first-order chi connectivity index (χ1) is 9.29. The molecule has 106 valence electrons. The molecule has 0 bridgehead atoms. The largest absolute Gasteiger partial charge is 0.398 e. The summed E-state index contributed by atoms with van der Waals surface area (Å²) in [6.07, 6.45) is 0. The molecule has 0 saturated heterocycles. The van der Waals surface area contributed by atoms with E-state index in [-0.39, 0.29) is 4.90 Å². The molecule has 2 rings (SSSR count). The molecule has 0 fully saturated rings. The quantitative estimate of drug-likeness (QED) is 0.829. The van der Waals surface area contributed by atoms with Crippen LogP contribution in [-0.2, 0) is 10.0 Å². The summed E-state index contributed by atoms with van der Waals surface area (Å²) in [5.41, 5.74) is 8.63. The predicted octanol–water partition coefficient (Wildman–Crippen LogP) is 3.45. The molecular formula is C14H15BrN2O2S. The number of halogens is 1. The Labute approximate surface area is 127 Å². The third-order valence-corrected chi connectivity index (χ3v) is 4.99. The fourth-order valence-corrected chi connectivity index (χ4v) is 3.23. The molecule has 0 unspecified atom stereocenters. The number of nitrogen functional groups attached to an aromatic ring is 1. The van der Waals surface area contributed by atoms with Crippen LogP contribution in [0, 0.1) is 13.8 Å². The number of benzene rings is 2. The van der Waals surface area contributed by atoms with E-state index < -0.39 is 10.0 Å². The van der Waals surface area contributed by atoms with Crippen LogP contribution in [0.1, 0.15) is 11.1 Å². The number of sulfonamides is 1. The lowest BCUT2D eigenvalue weighted by atomic mass is 10.1. The maximum atomic E-state index is 12.3. The molecule has 4 nitrogen and oxygen atoms in total. The Balaban J connectivity index is 2.38. The van der Waals surface area contributed by atoms with Crippen molar-refractivity contribution in [3.05, 3.63) is 52.0 Å². The molecule has 0 radical (unpaired) electrons. The van der Waals surface area contributed by atoms with Crippen molar-refractivity contribution in [3.8, 4) is 0 Å². The zero-order valence-electron chi connectivity index (χ0n) is 11.1. The van der Waals surface area contributed by atoms with Gasteiger partial charge in [-0.2, -0.15) is 0 Å². The van der Waals surface area contributed by atoms with Gasteiger partial charge >= 0.3 is 0 Å². The first-order valence-corrected chi connectivity index (χ1v) is 8.22. The van der Waals surface area contributed by atoms with E-state index in [2.05, 4.69) is 20.7 Å². The molecule has 0 saturated carbocycles. The van der Waals surface area contributed by atoms with Crippen molar-refractivity contribution in [3.63, 3.8) is 0 Å². The van der Waals surface area contributed by atoms with Gasteiger partial charge in [0, 0.05) is 10.2 Å². The van der Waals surface area contributed by atoms with Crippen LogP contribution in [0.25, 0.3) is 0 Å². The van der Waals surface area contributed by atoms with Gasteiger partial charge in [0.25, 0.3) is 10.0 Å². The number of nitrogens with one attached hydrogen (secondary N) is 1. The van der Waals surface area contributed by atoms with Crippen molar-refractivity contribution in [2.45, 2.75) is 18.7 Å². The molecule has 6 heteroatoms. The minimum Gasteiger partial charge on any atom is -0.398 e. The van der Waals surface area contributed by atoms with E-state index in [1.807, 2.05) is 26.0 Å². The smallest absolute Gasteiger partial charge is 0.261 e. The molecule has 2 aromatic rings. The summed E-state index contributed by atoms with van der Waals surface area (Å²) in [6.45, 7) is 3.82. The second-order valence-corrected chi connectivity index (χ2v) is 7.14. The molecule has 3 N–H and O–H groups in total. The summed E-state index contributed by atoms with van der Waals surface area (Å²) in [4.78, 5) is 0.137. The number of aryl methyl sites for hydroxylation is 2. The first-order valence-electron chi connectivity index (χ1n) is 5.95. The van der Waals surface area contributed by atoms with Gasteiger partial charge in [-0.1, -0.05) is 17.7 Å². The fraction of sp³-hybridized carbons (Fsp3) is 0.143. The Bertz CT molecular complexity index is 758. The zero-order chi connectivity index (χ0) is 14.9. The second kappa shape index (κ2) is 5.46. The summed E-state index contributed by atoms with van der Waals surface area (Å²) in [5, 5.41) is 0. The predicted molar refractivity (Wildman–Crippen MR) is 85.3 cm³/mol. The van der Waals surface area contributed by atoms with Gasteiger partial charge in [0.15, 0.2) is 0 Å². The number of hydrogen-bond donors (Lipinski definition) is 2. The Morgan fingerprint density at radius 1 is 1.10 bits per heavy atom. The number of nitrogens with two attached hydrogens (primary N) is 1. The summed E-state index contributed by atoms with van der Waals surface area (Å²) in [6, 6.07) is 10.1. The third-order valence-electron chi connectivity index (χ3n) is 2.90. The summed E-state index contributed by atoms with van der Waals surface area (Å²) in [5.74, 6) is 0. The molecular weight excluding hydrogens is 340 g/mol. The highest BCUT2D eigenvalue weighted by molar-refractivity contribution is 9.10. The molecule has 0 aliphatic rings. The van der Waals surface area contributed by atoms with E-state index in [0.717, 1.165) is 11.1 Å². The molecule has 0 aliphatic heterocycles. The summed E-state index contributed by atoms with van der Waals surface area (Å²) in [7, 11) is -3.64. The van der Waals surface area contributed by atoms with Crippen LogP contribution in [0.5, 0.6) is 0 Å². The lowest BCUT2D eigenvalue weighted by molar-refractivity contribution is 0.601. The van der Waals surface area contributed by atoms with Crippen LogP contribution in [0.3, 0.4) is 0 Å². The van der Waals surface area contributed by atoms with Gasteiger partial charge < -0.3 is 5.73 Å². The van der Waals surface area contributed by atoms with E-state index in [1.165, 1.54) is 12.1 Å². The van der Waals surface area contributed by atoms with Gasteiger partial charge in [-0.25, -0.2) is 8.42 Å². The number of anilines is 2. The van der Waals surface area contributed by atoms with E-state index >= 15 is 0 Å². The molecule has 0 heterocycles. The standard InChI is InChI=1S/C14H15BrN2O2S/c1-9-3-6-14(10(2)7-9)17-20(18,19)11-4-5-12(15)13(16)8-11/h3-8,17H,16H2,1-2H3.